The van der Waals surface area contributed by atoms with Crippen LogP contribution in [0, 0.1) is 0 Å². The first-order valence-corrected chi connectivity index (χ1v) is 6.65. The van der Waals surface area contributed by atoms with Gasteiger partial charge < -0.3 is 20.1 Å². The highest BCUT2D eigenvalue weighted by Gasteiger charge is 2.30. The van der Waals surface area contributed by atoms with Crippen LogP contribution in [0.1, 0.15) is 10.5 Å². The largest absolute Gasteiger partial charge is 0.338 e. The zero-order valence-electron chi connectivity index (χ0n) is 11.5. The Morgan fingerprint density at radius 1 is 1.50 bits per heavy atom. The molecule has 0 aliphatic carbocycles. The first-order valence-electron chi connectivity index (χ1n) is 6.65. The lowest BCUT2D eigenvalue weighted by Gasteiger charge is -2.39. The number of hydrogen-bond acceptors (Lipinski definition) is 3. The molecule has 112 valence electrons. The van der Waals surface area contributed by atoms with E-state index >= 15 is 0 Å². The molecule has 0 aromatic carbocycles. The molecule has 7 heteroatoms. The number of likely N-dealkylation sites (N-methyl/N-ethyl adjacent to an activating group) is 1. The molecule has 0 radical (unpaired) electrons. The highest BCUT2D eigenvalue weighted by molar-refractivity contribution is 5.93. The number of alkyl halides is 2. The molecule has 1 atom stereocenters. The number of nitrogens with two attached hydrogens (primary N) is 1. The number of nitrogens with zero attached hydrogens (tertiary/aromatic N) is 3. The summed E-state index contributed by atoms with van der Waals surface area (Å²) in [4.78, 5) is 16.3. The highest BCUT2D eigenvalue weighted by Crippen LogP contribution is 2.14. The minimum atomic E-state index is -2.48. The molecule has 1 unspecified atom stereocenters. The van der Waals surface area contributed by atoms with Gasteiger partial charge in [-0.05, 0) is 19.2 Å². The molecule has 1 aromatic heterocycles. The van der Waals surface area contributed by atoms with E-state index in [4.69, 9.17) is 5.73 Å². The summed E-state index contributed by atoms with van der Waals surface area (Å²) in [6.45, 7) is 1.94. The lowest BCUT2D eigenvalue weighted by atomic mass is 10.1. The smallest absolute Gasteiger partial charge is 0.270 e. The lowest BCUT2D eigenvalue weighted by Crippen LogP contribution is -2.57. The molecule has 2 heterocycles. The van der Waals surface area contributed by atoms with Crippen LogP contribution in [0.2, 0.25) is 0 Å². The van der Waals surface area contributed by atoms with Gasteiger partial charge in [0.05, 0.1) is 12.6 Å². The van der Waals surface area contributed by atoms with Gasteiger partial charge in [0.15, 0.2) is 0 Å². The van der Waals surface area contributed by atoms with Crippen LogP contribution in [0.25, 0.3) is 0 Å². The molecule has 1 aromatic rings. The molecular weight excluding hydrogens is 266 g/mol. The molecule has 1 amide bonds. The predicted octanol–water partition coefficient (Wildman–Crippen LogP) is 0.468. The van der Waals surface area contributed by atoms with Gasteiger partial charge >= 0.3 is 0 Å². The van der Waals surface area contributed by atoms with E-state index in [1.54, 1.807) is 17.0 Å². The number of hydrogen-bond donors (Lipinski definition) is 1. The Balaban J connectivity index is 2.16. The molecule has 1 aliphatic rings. The van der Waals surface area contributed by atoms with Crippen LogP contribution in [-0.2, 0) is 6.54 Å². The van der Waals surface area contributed by atoms with E-state index in [9.17, 15) is 13.6 Å². The van der Waals surface area contributed by atoms with Gasteiger partial charge in [-0.1, -0.05) is 0 Å². The fraction of sp³-hybridized carbons (Fsp3) is 0.615. The summed E-state index contributed by atoms with van der Waals surface area (Å²) in [5.74, 6) is -0.223. The molecule has 1 fully saturated rings. The summed E-state index contributed by atoms with van der Waals surface area (Å²) in [6.07, 6.45) is -0.973. The molecule has 20 heavy (non-hydrogen) atoms. The minimum Gasteiger partial charge on any atom is -0.338 e. The quantitative estimate of drug-likeness (QED) is 0.875. The molecule has 0 bridgehead atoms. The van der Waals surface area contributed by atoms with Gasteiger partial charge in [-0.15, -0.1) is 0 Å². The Hall–Kier alpha value is -1.47. The molecule has 2 rings (SSSR count). The average molecular weight is 286 g/mol. The third-order valence-electron chi connectivity index (χ3n) is 3.60. The van der Waals surface area contributed by atoms with Crippen molar-refractivity contribution in [1.29, 1.82) is 0 Å². The SMILES string of the molecule is CN1CCN(C(=O)c2cccn2CC(F)F)C(CN)C1. The molecule has 5 nitrogen and oxygen atoms in total. The molecular formula is C13H20F2N4O. The Morgan fingerprint density at radius 3 is 2.90 bits per heavy atom. The fourth-order valence-corrected chi connectivity index (χ4v) is 2.54. The van der Waals surface area contributed by atoms with Crippen molar-refractivity contribution in [2.45, 2.75) is 19.0 Å². The third-order valence-corrected chi connectivity index (χ3v) is 3.60. The Bertz CT molecular complexity index is 463. The molecule has 0 spiro atoms. The lowest BCUT2D eigenvalue weighted by molar-refractivity contribution is 0.0499. The molecule has 0 saturated carbocycles. The van der Waals surface area contributed by atoms with E-state index in [0.717, 1.165) is 6.54 Å². The summed E-state index contributed by atoms with van der Waals surface area (Å²) in [7, 11) is 1.98. The van der Waals surface area contributed by atoms with E-state index < -0.39 is 13.0 Å². The van der Waals surface area contributed by atoms with Crippen molar-refractivity contribution < 1.29 is 13.6 Å². The van der Waals surface area contributed by atoms with E-state index in [2.05, 4.69) is 4.90 Å². The van der Waals surface area contributed by atoms with Gasteiger partial charge in [0, 0.05) is 32.4 Å². The van der Waals surface area contributed by atoms with Crippen LogP contribution < -0.4 is 5.73 Å². The Kier molecular flexibility index (Phi) is 4.72. The number of amides is 1. The Labute approximate surface area is 116 Å². The van der Waals surface area contributed by atoms with Crippen LogP contribution in [0.5, 0.6) is 0 Å². The minimum absolute atomic E-state index is 0.0730. The fourth-order valence-electron chi connectivity index (χ4n) is 2.54. The summed E-state index contributed by atoms with van der Waals surface area (Å²) in [6, 6.07) is 3.12. The molecule has 2 N–H and O–H groups in total. The summed E-state index contributed by atoms with van der Waals surface area (Å²) < 4.78 is 26.3. The van der Waals surface area contributed by atoms with E-state index in [1.807, 2.05) is 7.05 Å². The first-order chi connectivity index (χ1) is 9.52. The van der Waals surface area contributed by atoms with Gasteiger partial charge in [0.2, 0.25) is 0 Å². The van der Waals surface area contributed by atoms with Gasteiger partial charge in [-0.3, -0.25) is 4.79 Å². The van der Waals surface area contributed by atoms with Crippen molar-refractivity contribution in [3.63, 3.8) is 0 Å². The molecule has 1 aliphatic heterocycles. The second kappa shape index (κ2) is 6.32. The monoisotopic (exact) mass is 286 g/mol. The molecule has 1 saturated heterocycles. The van der Waals surface area contributed by atoms with Crippen LogP contribution in [-0.4, -0.2) is 66.0 Å². The summed E-state index contributed by atoms with van der Waals surface area (Å²) in [5, 5.41) is 0. The zero-order chi connectivity index (χ0) is 14.7. The van der Waals surface area contributed by atoms with Crippen molar-refractivity contribution in [3.8, 4) is 0 Å². The Morgan fingerprint density at radius 2 is 2.25 bits per heavy atom. The van der Waals surface area contributed by atoms with Gasteiger partial charge in [-0.25, -0.2) is 8.78 Å². The van der Waals surface area contributed by atoms with Gasteiger partial charge in [0.1, 0.15) is 5.69 Å². The predicted molar refractivity (Wildman–Crippen MR) is 71.8 cm³/mol. The maximum absolute atomic E-state index is 12.5. The number of halogens is 2. The number of carbonyl (C=O) groups is 1. The maximum atomic E-state index is 12.5. The number of aromatic nitrogens is 1. The third kappa shape index (κ3) is 3.16. The van der Waals surface area contributed by atoms with Crippen molar-refractivity contribution in [3.05, 3.63) is 24.0 Å². The van der Waals surface area contributed by atoms with Crippen LogP contribution in [0.4, 0.5) is 8.78 Å². The topological polar surface area (TPSA) is 54.5 Å². The summed E-state index contributed by atoms with van der Waals surface area (Å²) >= 11 is 0. The standard InChI is InChI=1S/C13H20F2N4O/c1-17-5-6-19(10(7-16)8-17)13(20)11-3-2-4-18(11)9-12(14)15/h2-4,10,12H,5-9,16H2,1H3. The van der Waals surface area contributed by atoms with E-state index in [-0.39, 0.29) is 11.9 Å². The van der Waals surface area contributed by atoms with Crippen LogP contribution >= 0.6 is 0 Å². The van der Waals surface area contributed by atoms with E-state index in [1.165, 1.54) is 10.8 Å². The number of piperazine rings is 1. The van der Waals surface area contributed by atoms with E-state index in [0.29, 0.717) is 25.3 Å². The second-order valence-electron chi connectivity index (χ2n) is 5.09. The van der Waals surface area contributed by atoms with Crippen LogP contribution in [0.3, 0.4) is 0 Å². The van der Waals surface area contributed by atoms with Crippen molar-refractivity contribution in [1.82, 2.24) is 14.4 Å². The first kappa shape index (κ1) is 14.9. The normalized spacial score (nSPS) is 20.6. The van der Waals surface area contributed by atoms with Gasteiger partial charge in [-0.2, -0.15) is 0 Å². The maximum Gasteiger partial charge on any atom is 0.270 e. The van der Waals surface area contributed by atoms with Crippen molar-refractivity contribution in [2.75, 3.05) is 33.2 Å². The number of rotatable bonds is 4. The highest BCUT2D eigenvalue weighted by atomic mass is 19.3. The number of carbonyl (C=O) groups excluding carboxylic acids is 1. The van der Waals surface area contributed by atoms with Crippen molar-refractivity contribution >= 4 is 5.91 Å². The van der Waals surface area contributed by atoms with Gasteiger partial charge in [0.25, 0.3) is 12.3 Å². The van der Waals surface area contributed by atoms with Crippen LogP contribution in [0.15, 0.2) is 18.3 Å². The second-order valence-corrected chi connectivity index (χ2v) is 5.09. The average Bonchev–Trinajstić information content (AvgIpc) is 2.85. The van der Waals surface area contributed by atoms with Crippen molar-refractivity contribution in [2.24, 2.45) is 5.73 Å². The zero-order valence-corrected chi connectivity index (χ0v) is 11.5. The summed E-state index contributed by atoms with van der Waals surface area (Å²) in [5.41, 5.74) is 6.02.